The number of nitrogens with zero attached hydrogens (tertiary/aromatic N) is 2. The second-order valence-electron chi connectivity index (χ2n) is 6.92. The van der Waals surface area contributed by atoms with Crippen LogP contribution in [0, 0.1) is 0 Å². The second kappa shape index (κ2) is 12.1. The molecule has 0 unspecified atom stereocenters. The highest BCUT2D eigenvalue weighted by Gasteiger charge is 2.22. The van der Waals surface area contributed by atoms with Crippen molar-refractivity contribution in [3.8, 4) is 0 Å². The second-order valence-corrected chi connectivity index (χ2v) is 8.31. The number of carbonyl (C=O) groups is 1. The van der Waals surface area contributed by atoms with E-state index in [0.29, 0.717) is 13.1 Å². The van der Waals surface area contributed by atoms with Crippen LogP contribution in [0.25, 0.3) is 0 Å². The molecular weight excluding hydrogens is 334 g/mol. The molecule has 0 aliphatic rings. The average molecular weight is 368 g/mol. The number of ether oxygens (including phenoxy) is 1. The van der Waals surface area contributed by atoms with E-state index in [0.717, 1.165) is 25.1 Å². The van der Waals surface area contributed by atoms with Crippen molar-refractivity contribution < 1.29 is 9.53 Å². The molecule has 142 valence electrons. The maximum Gasteiger partial charge on any atom is 0.410 e. The van der Waals surface area contributed by atoms with Crippen molar-refractivity contribution in [3.63, 3.8) is 0 Å². The third-order valence-electron chi connectivity index (χ3n) is 3.38. The SMILES string of the molecule is CCSCCCNCCCN(Cc1cccnc1)C(=O)OC(C)(C)C. The molecule has 0 saturated heterocycles. The van der Waals surface area contributed by atoms with Crippen molar-refractivity contribution in [1.29, 1.82) is 0 Å². The summed E-state index contributed by atoms with van der Waals surface area (Å²) in [7, 11) is 0. The van der Waals surface area contributed by atoms with Gasteiger partial charge in [0.05, 0.1) is 6.54 Å². The average Bonchev–Trinajstić information content (AvgIpc) is 2.55. The monoisotopic (exact) mass is 367 g/mol. The van der Waals surface area contributed by atoms with Gasteiger partial charge in [0.2, 0.25) is 0 Å². The van der Waals surface area contributed by atoms with Crippen LogP contribution in [-0.2, 0) is 11.3 Å². The third-order valence-corrected chi connectivity index (χ3v) is 4.36. The zero-order valence-corrected chi connectivity index (χ0v) is 16.9. The van der Waals surface area contributed by atoms with Crippen LogP contribution in [0.4, 0.5) is 4.79 Å². The minimum atomic E-state index is -0.487. The molecule has 0 saturated carbocycles. The fourth-order valence-electron chi connectivity index (χ4n) is 2.24. The van der Waals surface area contributed by atoms with E-state index < -0.39 is 5.60 Å². The Morgan fingerprint density at radius 2 is 2.08 bits per heavy atom. The van der Waals surface area contributed by atoms with Gasteiger partial charge in [-0.1, -0.05) is 13.0 Å². The lowest BCUT2D eigenvalue weighted by Crippen LogP contribution is -2.38. The Morgan fingerprint density at radius 1 is 1.32 bits per heavy atom. The Balaban J connectivity index is 2.41. The molecule has 0 atom stereocenters. The fourth-order valence-corrected chi connectivity index (χ4v) is 2.87. The van der Waals surface area contributed by atoms with Gasteiger partial charge in [-0.25, -0.2) is 4.79 Å². The summed E-state index contributed by atoms with van der Waals surface area (Å²) in [4.78, 5) is 18.3. The normalized spacial score (nSPS) is 11.4. The summed E-state index contributed by atoms with van der Waals surface area (Å²) in [6.45, 7) is 11.0. The van der Waals surface area contributed by atoms with Crippen LogP contribution in [0.3, 0.4) is 0 Å². The summed E-state index contributed by atoms with van der Waals surface area (Å²) in [6, 6.07) is 3.87. The van der Waals surface area contributed by atoms with Gasteiger partial charge in [0.15, 0.2) is 0 Å². The van der Waals surface area contributed by atoms with Crippen LogP contribution in [0.1, 0.15) is 46.1 Å². The van der Waals surface area contributed by atoms with Crippen LogP contribution in [0.15, 0.2) is 24.5 Å². The Kier molecular flexibility index (Phi) is 10.6. The Hall–Kier alpha value is -1.27. The number of pyridine rings is 1. The maximum atomic E-state index is 12.5. The quantitative estimate of drug-likeness (QED) is 0.600. The lowest BCUT2D eigenvalue weighted by atomic mass is 10.2. The van der Waals surface area contributed by atoms with Crippen LogP contribution < -0.4 is 5.32 Å². The topological polar surface area (TPSA) is 54.5 Å². The maximum absolute atomic E-state index is 12.5. The minimum Gasteiger partial charge on any atom is -0.444 e. The highest BCUT2D eigenvalue weighted by atomic mass is 32.2. The predicted molar refractivity (Wildman–Crippen MR) is 106 cm³/mol. The van der Waals surface area contributed by atoms with Crippen molar-refractivity contribution in [1.82, 2.24) is 15.2 Å². The molecule has 1 aromatic heterocycles. The van der Waals surface area contributed by atoms with Gasteiger partial charge < -0.3 is 15.0 Å². The first-order chi connectivity index (χ1) is 11.9. The molecular formula is C19H33N3O2S. The Morgan fingerprint density at radius 3 is 2.72 bits per heavy atom. The van der Waals surface area contributed by atoms with E-state index in [1.807, 2.05) is 44.7 Å². The molecule has 0 aliphatic carbocycles. The Labute approximate surface area is 156 Å². The first-order valence-corrected chi connectivity index (χ1v) is 10.2. The first kappa shape index (κ1) is 21.8. The molecule has 25 heavy (non-hydrogen) atoms. The number of aromatic nitrogens is 1. The van der Waals surface area contributed by atoms with E-state index in [9.17, 15) is 4.79 Å². The summed E-state index contributed by atoms with van der Waals surface area (Å²) in [5.74, 6) is 2.38. The van der Waals surface area contributed by atoms with Crippen molar-refractivity contribution in [2.45, 2.75) is 52.7 Å². The standard InChI is InChI=1S/C19H33N3O2S/c1-5-25-14-8-12-20-11-7-13-22(18(23)24-19(2,3)4)16-17-9-6-10-21-15-17/h6,9-10,15,20H,5,7-8,11-14,16H2,1-4H3. The molecule has 1 aromatic rings. The zero-order valence-electron chi connectivity index (χ0n) is 16.1. The highest BCUT2D eigenvalue weighted by molar-refractivity contribution is 7.99. The van der Waals surface area contributed by atoms with E-state index in [2.05, 4.69) is 17.2 Å². The number of hydrogen-bond acceptors (Lipinski definition) is 5. The molecule has 1 rings (SSSR count). The van der Waals surface area contributed by atoms with Crippen LogP contribution in [-0.4, -0.2) is 52.7 Å². The van der Waals surface area contributed by atoms with E-state index in [1.54, 1.807) is 17.3 Å². The molecule has 0 bridgehead atoms. The van der Waals surface area contributed by atoms with E-state index in [1.165, 1.54) is 17.9 Å². The molecule has 0 spiro atoms. The number of nitrogens with one attached hydrogen (secondary N) is 1. The summed E-state index contributed by atoms with van der Waals surface area (Å²) >= 11 is 1.97. The molecule has 0 fully saturated rings. The van der Waals surface area contributed by atoms with Crippen LogP contribution >= 0.6 is 11.8 Å². The van der Waals surface area contributed by atoms with Gasteiger partial charge in [-0.05, 0) is 69.8 Å². The number of thioether (sulfide) groups is 1. The number of carbonyl (C=O) groups excluding carboxylic acids is 1. The minimum absolute atomic E-state index is 0.268. The Bertz CT molecular complexity index is 477. The molecule has 1 N–H and O–H groups in total. The number of hydrogen-bond donors (Lipinski definition) is 1. The van der Waals surface area contributed by atoms with E-state index >= 15 is 0 Å². The van der Waals surface area contributed by atoms with E-state index in [-0.39, 0.29) is 6.09 Å². The molecule has 0 aliphatic heterocycles. The van der Waals surface area contributed by atoms with Gasteiger partial charge in [-0.15, -0.1) is 0 Å². The lowest BCUT2D eigenvalue weighted by Gasteiger charge is -2.27. The van der Waals surface area contributed by atoms with Crippen molar-refractivity contribution >= 4 is 17.9 Å². The van der Waals surface area contributed by atoms with Gasteiger partial charge in [0.25, 0.3) is 0 Å². The largest absolute Gasteiger partial charge is 0.444 e. The van der Waals surface area contributed by atoms with Crippen LogP contribution in [0.2, 0.25) is 0 Å². The van der Waals surface area contributed by atoms with Crippen molar-refractivity contribution in [2.24, 2.45) is 0 Å². The van der Waals surface area contributed by atoms with Gasteiger partial charge in [-0.2, -0.15) is 11.8 Å². The molecule has 5 nitrogen and oxygen atoms in total. The van der Waals surface area contributed by atoms with Gasteiger partial charge in [0, 0.05) is 18.9 Å². The van der Waals surface area contributed by atoms with Crippen molar-refractivity contribution in [3.05, 3.63) is 30.1 Å². The summed E-state index contributed by atoms with van der Waals surface area (Å²) in [5.41, 5.74) is 0.525. The zero-order chi connectivity index (χ0) is 18.5. The van der Waals surface area contributed by atoms with Gasteiger partial charge >= 0.3 is 6.09 Å². The number of amides is 1. The highest BCUT2D eigenvalue weighted by Crippen LogP contribution is 2.12. The van der Waals surface area contributed by atoms with Crippen LogP contribution in [0.5, 0.6) is 0 Å². The summed E-state index contributed by atoms with van der Waals surface area (Å²) in [6.07, 6.45) is 5.35. The smallest absolute Gasteiger partial charge is 0.410 e. The molecule has 1 amide bonds. The third kappa shape index (κ3) is 11.1. The molecule has 0 aromatic carbocycles. The lowest BCUT2D eigenvalue weighted by molar-refractivity contribution is 0.0231. The summed E-state index contributed by atoms with van der Waals surface area (Å²) in [5, 5.41) is 3.45. The first-order valence-electron chi connectivity index (χ1n) is 9.07. The van der Waals surface area contributed by atoms with Gasteiger partial charge in [-0.3, -0.25) is 4.98 Å². The number of rotatable bonds is 11. The van der Waals surface area contributed by atoms with E-state index in [4.69, 9.17) is 4.74 Å². The van der Waals surface area contributed by atoms with Gasteiger partial charge in [0.1, 0.15) is 5.60 Å². The fraction of sp³-hybridized carbons (Fsp3) is 0.684. The predicted octanol–water partition coefficient (Wildman–Crippen LogP) is 3.94. The molecule has 6 heteroatoms. The summed E-state index contributed by atoms with van der Waals surface area (Å²) < 4.78 is 5.54. The molecule has 1 heterocycles. The van der Waals surface area contributed by atoms with Crippen molar-refractivity contribution in [2.75, 3.05) is 31.1 Å². The molecule has 0 radical (unpaired) electrons.